The molecule has 7 heteroatoms. The van der Waals surface area contributed by atoms with Gasteiger partial charge in [-0.05, 0) is 87.3 Å². The van der Waals surface area contributed by atoms with E-state index < -0.39 is 10.0 Å². The van der Waals surface area contributed by atoms with Crippen LogP contribution < -0.4 is 9.46 Å². The van der Waals surface area contributed by atoms with Crippen LogP contribution >= 0.6 is 0 Å². The Morgan fingerprint density at radius 1 is 1.06 bits per heavy atom. The van der Waals surface area contributed by atoms with Crippen LogP contribution in [0.15, 0.2) is 53.4 Å². The normalized spacial score (nSPS) is 17.3. The van der Waals surface area contributed by atoms with E-state index in [1.807, 2.05) is 24.0 Å². The van der Waals surface area contributed by atoms with Gasteiger partial charge in [-0.2, -0.15) is 0 Å². The van der Waals surface area contributed by atoms with Crippen molar-refractivity contribution >= 4 is 15.9 Å². The van der Waals surface area contributed by atoms with Gasteiger partial charge in [0, 0.05) is 24.7 Å². The summed E-state index contributed by atoms with van der Waals surface area (Å²) in [4.78, 5) is 15.0. The molecule has 32 heavy (non-hydrogen) atoms. The van der Waals surface area contributed by atoms with Crippen LogP contribution in [-0.2, 0) is 16.4 Å². The lowest BCUT2D eigenvalue weighted by atomic mass is 9.90. The number of carbonyl (C=O) groups excluding carboxylic acids is 1. The summed E-state index contributed by atoms with van der Waals surface area (Å²) >= 11 is 0. The first-order chi connectivity index (χ1) is 15.4. The van der Waals surface area contributed by atoms with E-state index in [0.29, 0.717) is 31.2 Å². The van der Waals surface area contributed by atoms with E-state index >= 15 is 0 Å². The zero-order valence-corrected chi connectivity index (χ0v) is 19.4. The van der Waals surface area contributed by atoms with E-state index in [1.54, 1.807) is 18.2 Å². The maximum Gasteiger partial charge on any atom is 0.253 e. The Kier molecular flexibility index (Phi) is 7.16. The van der Waals surface area contributed by atoms with Gasteiger partial charge in [-0.15, -0.1) is 0 Å². The van der Waals surface area contributed by atoms with Gasteiger partial charge in [-0.3, -0.25) is 4.79 Å². The Labute approximate surface area is 191 Å². The molecule has 6 nitrogen and oxygen atoms in total. The molecule has 1 saturated heterocycles. The van der Waals surface area contributed by atoms with Gasteiger partial charge in [0.1, 0.15) is 5.75 Å². The number of nitrogens with zero attached hydrogens (tertiary/aromatic N) is 1. The molecule has 2 aromatic rings. The van der Waals surface area contributed by atoms with Crippen LogP contribution in [0.3, 0.4) is 0 Å². The summed E-state index contributed by atoms with van der Waals surface area (Å²) in [7, 11) is -3.56. The van der Waals surface area contributed by atoms with Crippen molar-refractivity contribution in [3.8, 4) is 5.75 Å². The summed E-state index contributed by atoms with van der Waals surface area (Å²) in [6, 6.07) is 14.8. The Hall–Kier alpha value is -2.38. The summed E-state index contributed by atoms with van der Waals surface area (Å²) in [6.45, 7) is 4.08. The molecule has 4 rings (SSSR count). The number of rotatable bonds is 9. The number of ether oxygens (including phenoxy) is 1. The monoisotopic (exact) mass is 456 g/mol. The SMILES string of the molecule is CCOc1ccc(CCC2CCN(C(=O)c3cccc(S(=O)(=O)NC4CC4)c3)CC2)cc1. The number of aryl methyl sites for hydroxylation is 1. The van der Waals surface area contributed by atoms with Crippen molar-refractivity contribution in [1.29, 1.82) is 0 Å². The molecule has 0 radical (unpaired) electrons. The van der Waals surface area contributed by atoms with Crippen LogP contribution in [0.2, 0.25) is 0 Å². The third kappa shape index (κ3) is 5.90. The van der Waals surface area contributed by atoms with Crippen LogP contribution in [0.25, 0.3) is 0 Å². The molecule has 0 bridgehead atoms. The van der Waals surface area contributed by atoms with Crippen LogP contribution in [0.1, 0.15) is 54.9 Å². The van der Waals surface area contributed by atoms with E-state index in [1.165, 1.54) is 11.6 Å². The Morgan fingerprint density at radius 2 is 1.78 bits per heavy atom. The molecule has 172 valence electrons. The maximum atomic E-state index is 13.0. The molecule has 1 aliphatic carbocycles. The number of sulfonamides is 1. The van der Waals surface area contributed by atoms with Crippen molar-refractivity contribution in [2.24, 2.45) is 5.92 Å². The van der Waals surface area contributed by atoms with Gasteiger partial charge in [0.2, 0.25) is 10.0 Å². The lowest BCUT2D eigenvalue weighted by Crippen LogP contribution is -2.38. The summed E-state index contributed by atoms with van der Waals surface area (Å²) in [6.07, 6.45) is 5.85. The quantitative estimate of drug-likeness (QED) is 0.619. The van der Waals surface area contributed by atoms with E-state index in [2.05, 4.69) is 16.9 Å². The summed E-state index contributed by atoms with van der Waals surface area (Å²) in [5.74, 6) is 1.42. The fourth-order valence-electron chi connectivity index (χ4n) is 4.18. The zero-order valence-electron chi connectivity index (χ0n) is 18.6. The highest BCUT2D eigenvalue weighted by Crippen LogP contribution is 2.26. The molecule has 0 aromatic heterocycles. The van der Waals surface area contributed by atoms with Gasteiger partial charge in [-0.1, -0.05) is 18.2 Å². The first-order valence-electron chi connectivity index (χ1n) is 11.6. The average molecular weight is 457 g/mol. The van der Waals surface area contributed by atoms with Crippen molar-refractivity contribution in [3.63, 3.8) is 0 Å². The van der Waals surface area contributed by atoms with E-state index in [4.69, 9.17) is 4.74 Å². The number of benzene rings is 2. The Bertz CT molecular complexity index is 1020. The molecular formula is C25H32N2O4S. The van der Waals surface area contributed by atoms with Crippen LogP contribution in [0.4, 0.5) is 0 Å². The van der Waals surface area contributed by atoms with Gasteiger partial charge < -0.3 is 9.64 Å². The minimum atomic E-state index is -3.56. The van der Waals surface area contributed by atoms with Crippen LogP contribution in [0.5, 0.6) is 5.75 Å². The van der Waals surface area contributed by atoms with Crippen LogP contribution in [-0.4, -0.2) is 45.0 Å². The van der Waals surface area contributed by atoms with Crippen molar-refractivity contribution in [1.82, 2.24) is 9.62 Å². The fourth-order valence-corrected chi connectivity index (χ4v) is 5.53. The van der Waals surface area contributed by atoms with E-state index in [-0.39, 0.29) is 16.8 Å². The molecule has 0 unspecified atom stereocenters. The Morgan fingerprint density at radius 3 is 2.44 bits per heavy atom. The molecule has 0 atom stereocenters. The van der Waals surface area contributed by atoms with Crippen LogP contribution in [0, 0.1) is 5.92 Å². The molecule has 1 N–H and O–H groups in total. The minimum Gasteiger partial charge on any atom is -0.494 e. The number of carbonyl (C=O) groups is 1. The second-order valence-electron chi connectivity index (χ2n) is 8.77. The zero-order chi connectivity index (χ0) is 22.6. The summed E-state index contributed by atoms with van der Waals surface area (Å²) in [5, 5.41) is 0. The first kappa shape index (κ1) is 22.8. The molecule has 2 aromatic carbocycles. The molecule has 0 spiro atoms. The predicted molar refractivity (Wildman–Crippen MR) is 124 cm³/mol. The Balaban J connectivity index is 1.28. The largest absolute Gasteiger partial charge is 0.494 e. The minimum absolute atomic E-state index is 0.0426. The van der Waals surface area contributed by atoms with Gasteiger partial charge in [0.25, 0.3) is 5.91 Å². The molecule has 1 aliphatic heterocycles. The highest BCUT2D eigenvalue weighted by molar-refractivity contribution is 7.89. The smallest absolute Gasteiger partial charge is 0.253 e. The number of hydrogen-bond donors (Lipinski definition) is 1. The lowest BCUT2D eigenvalue weighted by molar-refractivity contribution is 0.0686. The van der Waals surface area contributed by atoms with Gasteiger partial charge in [0.15, 0.2) is 0 Å². The van der Waals surface area contributed by atoms with Crippen molar-refractivity contribution in [2.75, 3.05) is 19.7 Å². The predicted octanol–water partition coefficient (Wildman–Crippen LogP) is 4.01. The molecule has 1 saturated carbocycles. The fraction of sp³-hybridized carbons (Fsp3) is 0.480. The molecule has 2 fully saturated rings. The second-order valence-corrected chi connectivity index (χ2v) is 10.5. The number of nitrogens with one attached hydrogen (secondary N) is 1. The maximum absolute atomic E-state index is 13.0. The summed E-state index contributed by atoms with van der Waals surface area (Å²) < 4.78 is 33.1. The highest BCUT2D eigenvalue weighted by Gasteiger charge is 2.29. The second kappa shape index (κ2) is 10.0. The van der Waals surface area contributed by atoms with Crippen molar-refractivity contribution < 1.29 is 17.9 Å². The van der Waals surface area contributed by atoms with Crippen molar-refractivity contribution in [3.05, 3.63) is 59.7 Å². The average Bonchev–Trinajstić information content (AvgIpc) is 3.62. The number of hydrogen-bond acceptors (Lipinski definition) is 4. The third-order valence-corrected chi connectivity index (χ3v) is 7.79. The standard InChI is InChI=1S/C25H32N2O4S/c1-2-31-23-12-8-19(9-13-23)6-7-20-14-16-27(17-15-20)25(28)21-4-3-5-24(18-21)32(29,30)26-22-10-11-22/h3-5,8-9,12-13,18,20,22,26H,2,6-7,10-11,14-17H2,1H3. The highest BCUT2D eigenvalue weighted by atomic mass is 32.2. The summed E-state index contributed by atoms with van der Waals surface area (Å²) in [5.41, 5.74) is 1.75. The van der Waals surface area contributed by atoms with Crippen molar-refractivity contribution in [2.45, 2.75) is 56.4 Å². The number of likely N-dealkylation sites (tertiary alicyclic amines) is 1. The number of piperidine rings is 1. The number of amides is 1. The molecule has 1 amide bonds. The van der Waals surface area contributed by atoms with Gasteiger partial charge in [-0.25, -0.2) is 13.1 Å². The third-order valence-electron chi connectivity index (χ3n) is 6.27. The van der Waals surface area contributed by atoms with Gasteiger partial charge in [0.05, 0.1) is 11.5 Å². The first-order valence-corrected chi connectivity index (χ1v) is 13.1. The lowest BCUT2D eigenvalue weighted by Gasteiger charge is -2.32. The van der Waals surface area contributed by atoms with Gasteiger partial charge >= 0.3 is 0 Å². The molecule has 2 aliphatic rings. The molecular weight excluding hydrogens is 424 g/mol. The van der Waals surface area contributed by atoms with E-state index in [9.17, 15) is 13.2 Å². The molecule has 1 heterocycles. The topological polar surface area (TPSA) is 75.7 Å². The van der Waals surface area contributed by atoms with E-state index in [0.717, 1.165) is 44.3 Å².